The molecule has 1 aliphatic heterocycles. The van der Waals surface area contributed by atoms with E-state index in [0.29, 0.717) is 18.8 Å². The number of carbonyl (C=O) groups is 1. The second-order valence-electron chi connectivity index (χ2n) is 8.09. The smallest absolute Gasteiger partial charge is 0.274 e. The van der Waals surface area contributed by atoms with Crippen molar-refractivity contribution in [3.63, 3.8) is 0 Å². The molecule has 170 valence electrons. The van der Waals surface area contributed by atoms with Gasteiger partial charge in [-0.1, -0.05) is 12.1 Å². The molecule has 1 amide bonds. The molecule has 5 rings (SSSR count). The molecule has 0 radical (unpaired) electrons. The third-order valence-corrected chi connectivity index (χ3v) is 7.36. The van der Waals surface area contributed by atoms with E-state index in [-0.39, 0.29) is 5.41 Å². The van der Waals surface area contributed by atoms with Gasteiger partial charge in [-0.25, -0.2) is 15.4 Å². The summed E-state index contributed by atoms with van der Waals surface area (Å²) in [6.45, 7) is 3.27. The highest BCUT2D eigenvalue weighted by Crippen LogP contribution is 2.44. The van der Waals surface area contributed by atoms with Crippen molar-refractivity contribution in [1.82, 2.24) is 19.8 Å². The van der Waals surface area contributed by atoms with E-state index in [1.807, 2.05) is 41.8 Å². The van der Waals surface area contributed by atoms with E-state index in [9.17, 15) is 4.79 Å². The minimum Gasteiger partial charge on any atom is -0.497 e. The van der Waals surface area contributed by atoms with E-state index in [1.54, 1.807) is 36.1 Å². The number of imidazole rings is 1. The number of thiazole rings is 1. The molecule has 3 aromatic heterocycles. The van der Waals surface area contributed by atoms with Crippen LogP contribution in [0.25, 0.3) is 17.0 Å². The fourth-order valence-corrected chi connectivity index (χ4v) is 5.62. The molecule has 0 saturated carbocycles. The number of hydrogen-bond donors (Lipinski definition) is 2. The molecule has 33 heavy (non-hydrogen) atoms. The van der Waals surface area contributed by atoms with Gasteiger partial charge in [0, 0.05) is 36.4 Å². The molecule has 4 aromatic rings. The molecular weight excluding hydrogens is 440 g/mol. The Balaban J connectivity index is 1.57. The molecule has 9 heteroatoms. The molecule has 1 fully saturated rings. The molecule has 0 aliphatic carbocycles. The number of amides is 1. The van der Waals surface area contributed by atoms with Crippen LogP contribution in [0.5, 0.6) is 5.75 Å². The average molecular weight is 465 g/mol. The van der Waals surface area contributed by atoms with Gasteiger partial charge in [-0.05, 0) is 43.5 Å². The Morgan fingerprint density at radius 3 is 2.67 bits per heavy atom. The van der Waals surface area contributed by atoms with Crippen LogP contribution in [0.3, 0.4) is 0 Å². The summed E-state index contributed by atoms with van der Waals surface area (Å²) in [5.74, 6) is 0.233. The van der Waals surface area contributed by atoms with Gasteiger partial charge >= 0.3 is 0 Å². The second kappa shape index (κ2) is 8.58. The fraction of sp³-hybridized carbons (Fsp3) is 0.292. The molecule has 8 nitrogen and oxygen atoms in total. The molecule has 0 atom stereocenters. The van der Waals surface area contributed by atoms with E-state index in [0.717, 1.165) is 51.9 Å². The Hall–Kier alpha value is -3.27. The Morgan fingerprint density at radius 1 is 1.21 bits per heavy atom. The molecular formula is C24H24N4O4S. The van der Waals surface area contributed by atoms with Crippen LogP contribution < -0.4 is 10.2 Å². The first-order valence-electron chi connectivity index (χ1n) is 10.7. The second-order valence-corrected chi connectivity index (χ2v) is 8.95. The molecule has 0 spiro atoms. The SMILES string of the molecule is COc1ccn2c(-c3csc(C4(c5ccc(C(=O)NO)cc5)CCOCC4)n3)c(C)nc2c1. The van der Waals surface area contributed by atoms with E-state index < -0.39 is 5.91 Å². The first-order chi connectivity index (χ1) is 16.1. The van der Waals surface area contributed by atoms with Gasteiger partial charge in [-0.3, -0.25) is 14.4 Å². The number of methoxy groups -OCH3 is 1. The Labute approximate surface area is 194 Å². The zero-order valence-corrected chi connectivity index (χ0v) is 19.2. The van der Waals surface area contributed by atoms with Gasteiger partial charge in [0.15, 0.2) is 0 Å². The summed E-state index contributed by atoms with van der Waals surface area (Å²) < 4.78 is 13.1. The first-order valence-corrected chi connectivity index (χ1v) is 11.6. The van der Waals surface area contributed by atoms with Gasteiger partial charge < -0.3 is 9.47 Å². The average Bonchev–Trinajstić information content (AvgIpc) is 3.47. The lowest BCUT2D eigenvalue weighted by Crippen LogP contribution is -2.35. The van der Waals surface area contributed by atoms with Crippen LogP contribution in [-0.2, 0) is 10.2 Å². The van der Waals surface area contributed by atoms with E-state index in [1.165, 1.54) is 0 Å². The maximum atomic E-state index is 11.8. The third-order valence-electron chi connectivity index (χ3n) is 6.31. The van der Waals surface area contributed by atoms with Crippen molar-refractivity contribution in [2.24, 2.45) is 0 Å². The lowest BCUT2D eigenvalue weighted by atomic mass is 9.74. The summed E-state index contributed by atoms with van der Waals surface area (Å²) in [7, 11) is 1.64. The number of aromatic nitrogens is 3. The molecule has 0 bridgehead atoms. The Kier molecular flexibility index (Phi) is 5.61. The van der Waals surface area contributed by atoms with Crippen LogP contribution in [0.4, 0.5) is 0 Å². The van der Waals surface area contributed by atoms with E-state index in [2.05, 4.69) is 5.38 Å². The molecule has 2 N–H and O–H groups in total. The number of benzene rings is 1. The summed E-state index contributed by atoms with van der Waals surface area (Å²) in [4.78, 5) is 21.6. The maximum Gasteiger partial charge on any atom is 0.274 e. The van der Waals surface area contributed by atoms with E-state index in [4.69, 9.17) is 24.6 Å². The van der Waals surface area contributed by atoms with Crippen molar-refractivity contribution in [2.75, 3.05) is 20.3 Å². The summed E-state index contributed by atoms with van der Waals surface area (Å²) in [5, 5.41) is 12.0. The number of nitrogens with one attached hydrogen (secondary N) is 1. The fourth-order valence-electron chi connectivity index (χ4n) is 4.53. The number of fused-ring (bicyclic) bond motifs is 1. The highest BCUT2D eigenvalue weighted by atomic mass is 32.1. The van der Waals surface area contributed by atoms with Crippen LogP contribution in [0.15, 0.2) is 48.0 Å². The van der Waals surface area contributed by atoms with Gasteiger partial charge in [0.1, 0.15) is 22.1 Å². The number of pyridine rings is 1. The summed E-state index contributed by atoms with van der Waals surface area (Å²) in [6.07, 6.45) is 3.56. The van der Waals surface area contributed by atoms with Crippen molar-refractivity contribution in [3.05, 3.63) is 69.8 Å². The van der Waals surface area contributed by atoms with Crippen LogP contribution in [0.2, 0.25) is 0 Å². The minimum absolute atomic E-state index is 0.299. The van der Waals surface area contributed by atoms with Crippen LogP contribution in [0, 0.1) is 6.92 Å². The van der Waals surface area contributed by atoms with Crippen molar-refractivity contribution in [2.45, 2.75) is 25.2 Å². The van der Waals surface area contributed by atoms with Gasteiger partial charge in [0.25, 0.3) is 5.91 Å². The largest absolute Gasteiger partial charge is 0.497 e. The summed E-state index contributed by atoms with van der Waals surface area (Å²) >= 11 is 1.64. The third kappa shape index (κ3) is 3.68. The number of hydrogen-bond acceptors (Lipinski definition) is 7. The number of ether oxygens (including phenoxy) is 2. The zero-order chi connectivity index (χ0) is 23.0. The zero-order valence-electron chi connectivity index (χ0n) is 18.4. The predicted octanol–water partition coefficient (Wildman–Crippen LogP) is 3.99. The quantitative estimate of drug-likeness (QED) is 0.342. The van der Waals surface area contributed by atoms with Crippen molar-refractivity contribution < 1.29 is 19.5 Å². The highest BCUT2D eigenvalue weighted by Gasteiger charge is 2.39. The van der Waals surface area contributed by atoms with Crippen molar-refractivity contribution >= 4 is 22.9 Å². The Bertz CT molecular complexity index is 1310. The number of nitrogens with zero attached hydrogens (tertiary/aromatic N) is 3. The highest BCUT2D eigenvalue weighted by molar-refractivity contribution is 7.10. The molecule has 1 saturated heterocycles. The topological polar surface area (TPSA) is 98.0 Å². The number of hydroxylamine groups is 1. The summed E-state index contributed by atoms with van der Waals surface area (Å²) in [5.41, 5.74) is 6.44. The van der Waals surface area contributed by atoms with Gasteiger partial charge in [-0.15, -0.1) is 11.3 Å². The monoisotopic (exact) mass is 464 g/mol. The maximum absolute atomic E-state index is 11.8. The van der Waals surface area contributed by atoms with Crippen LogP contribution in [-0.4, -0.2) is 45.8 Å². The Morgan fingerprint density at radius 2 is 1.97 bits per heavy atom. The standard InChI is InChI=1S/C24H24N4O4S/c1-15-21(28-10-7-18(31-2)13-20(28)25-15)19-14-33-23(26-19)24(8-11-32-12-9-24)17-5-3-16(4-6-17)22(29)27-30/h3-7,10,13-14,30H,8-9,11-12H2,1-2H3,(H,27,29). The van der Waals surface area contributed by atoms with Crippen LogP contribution >= 0.6 is 11.3 Å². The number of rotatable bonds is 5. The lowest BCUT2D eigenvalue weighted by Gasteiger charge is -2.36. The molecule has 4 heterocycles. The first kappa shape index (κ1) is 21.6. The van der Waals surface area contributed by atoms with Crippen LogP contribution in [0.1, 0.15) is 39.5 Å². The van der Waals surface area contributed by atoms with Crippen molar-refractivity contribution in [3.8, 4) is 17.1 Å². The van der Waals surface area contributed by atoms with Gasteiger partial charge in [-0.2, -0.15) is 0 Å². The lowest BCUT2D eigenvalue weighted by molar-refractivity contribution is 0.0629. The number of aryl methyl sites for hydroxylation is 1. The van der Waals surface area contributed by atoms with E-state index >= 15 is 0 Å². The molecule has 0 unspecified atom stereocenters. The van der Waals surface area contributed by atoms with Gasteiger partial charge in [0.05, 0.1) is 23.9 Å². The minimum atomic E-state index is -0.529. The number of carbonyl (C=O) groups excluding carboxylic acids is 1. The van der Waals surface area contributed by atoms with Gasteiger partial charge in [0.2, 0.25) is 0 Å². The molecule has 1 aliphatic rings. The van der Waals surface area contributed by atoms with Crippen molar-refractivity contribution in [1.29, 1.82) is 0 Å². The normalized spacial score (nSPS) is 15.5. The predicted molar refractivity (Wildman–Crippen MR) is 124 cm³/mol. The molecule has 1 aromatic carbocycles. The summed E-state index contributed by atoms with van der Waals surface area (Å²) in [6, 6.07) is 11.2.